The zero-order chi connectivity index (χ0) is 17.3. The minimum atomic E-state index is -0.0730. The van der Waals surface area contributed by atoms with Crippen molar-refractivity contribution in [1.29, 1.82) is 0 Å². The van der Waals surface area contributed by atoms with Crippen LogP contribution in [0.25, 0.3) is 0 Å². The number of rotatable bonds is 16. The lowest BCUT2D eigenvalue weighted by Gasteiger charge is -2.02. The fourth-order valence-electron chi connectivity index (χ4n) is 2.50. The van der Waals surface area contributed by atoms with Crippen molar-refractivity contribution in [2.45, 2.75) is 90.1 Å². The summed E-state index contributed by atoms with van der Waals surface area (Å²) >= 11 is 0. The average molecular weight is 337 g/mol. The van der Waals surface area contributed by atoms with Crippen molar-refractivity contribution in [2.75, 3.05) is 13.2 Å². The molecule has 1 unspecified atom stereocenters. The lowest BCUT2D eigenvalue weighted by molar-refractivity contribution is -0.144. The second-order valence-corrected chi connectivity index (χ2v) is 6.62. The molecule has 1 aliphatic heterocycles. The van der Waals surface area contributed by atoms with E-state index in [0.717, 1.165) is 25.9 Å². The second kappa shape index (κ2) is 15.4. The van der Waals surface area contributed by atoms with Crippen molar-refractivity contribution in [3.63, 3.8) is 0 Å². The SMILES string of the molecule is CCCCC/C=C\C/C=C\CCCCCCCC(=O)OCC1CO1. The topological polar surface area (TPSA) is 38.8 Å². The quantitative estimate of drug-likeness (QED) is 0.156. The van der Waals surface area contributed by atoms with Crippen LogP contribution in [0.15, 0.2) is 24.3 Å². The molecule has 0 N–H and O–H groups in total. The Kier molecular flexibility index (Phi) is 13.5. The molecule has 0 aromatic rings. The van der Waals surface area contributed by atoms with Gasteiger partial charge in [0.25, 0.3) is 0 Å². The molecule has 0 aromatic carbocycles. The molecule has 1 aliphatic rings. The number of carbonyl (C=O) groups excluding carboxylic acids is 1. The highest BCUT2D eigenvalue weighted by molar-refractivity contribution is 5.69. The van der Waals surface area contributed by atoms with Gasteiger partial charge in [0, 0.05) is 6.42 Å². The van der Waals surface area contributed by atoms with Crippen molar-refractivity contribution in [1.82, 2.24) is 0 Å². The molecule has 138 valence electrons. The maximum absolute atomic E-state index is 11.4. The highest BCUT2D eigenvalue weighted by Crippen LogP contribution is 2.11. The van der Waals surface area contributed by atoms with Crippen LogP contribution >= 0.6 is 0 Å². The number of allylic oxidation sites excluding steroid dienone is 4. The third-order valence-electron chi connectivity index (χ3n) is 4.16. The smallest absolute Gasteiger partial charge is 0.305 e. The maximum atomic E-state index is 11.4. The summed E-state index contributed by atoms with van der Waals surface area (Å²) in [7, 11) is 0. The Labute approximate surface area is 148 Å². The van der Waals surface area contributed by atoms with E-state index in [-0.39, 0.29) is 12.1 Å². The summed E-state index contributed by atoms with van der Waals surface area (Å²) in [5, 5.41) is 0. The molecular weight excluding hydrogens is 300 g/mol. The summed E-state index contributed by atoms with van der Waals surface area (Å²) in [4.78, 5) is 11.4. The zero-order valence-corrected chi connectivity index (χ0v) is 15.5. The van der Waals surface area contributed by atoms with E-state index in [4.69, 9.17) is 9.47 Å². The summed E-state index contributed by atoms with van der Waals surface area (Å²) in [5.74, 6) is -0.0730. The first kappa shape index (κ1) is 21.0. The van der Waals surface area contributed by atoms with Gasteiger partial charge in [-0.25, -0.2) is 0 Å². The van der Waals surface area contributed by atoms with Crippen LogP contribution in [-0.2, 0) is 14.3 Å². The maximum Gasteiger partial charge on any atom is 0.305 e. The summed E-state index contributed by atoms with van der Waals surface area (Å²) < 4.78 is 10.1. The molecule has 0 amide bonds. The van der Waals surface area contributed by atoms with Gasteiger partial charge in [-0.15, -0.1) is 0 Å². The molecule has 1 saturated heterocycles. The van der Waals surface area contributed by atoms with Gasteiger partial charge in [-0.2, -0.15) is 0 Å². The fourth-order valence-corrected chi connectivity index (χ4v) is 2.50. The second-order valence-electron chi connectivity index (χ2n) is 6.62. The van der Waals surface area contributed by atoms with Gasteiger partial charge in [0.2, 0.25) is 0 Å². The minimum absolute atomic E-state index is 0.0730. The van der Waals surface area contributed by atoms with Crippen LogP contribution in [0.3, 0.4) is 0 Å². The van der Waals surface area contributed by atoms with Crippen LogP contribution in [0, 0.1) is 0 Å². The van der Waals surface area contributed by atoms with Crippen LogP contribution in [0.4, 0.5) is 0 Å². The average Bonchev–Trinajstić information content (AvgIpc) is 3.41. The van der Waals surface area contributed by atoms with Crippen molar-refractivity contribution in [3.8, 4) is 0 Å². The van der Waals surface area contributed by atoms with Crippen molar-refractivity contribution in [2.24, 2.45) is 0 Å². The van der Waals surface area contributed by atoms with Gasteiger partial charge in [-0.1, -0.05) is 63.3 Å². The molecule has 0 saturated carbocycles. The predicted molar refractivity (Wildman–Crippen MR) is 100 cm³/mol. The first-order valence-electron chi connectivity index (χ1n) is 9.90. The molecule has 0 radical (unpaired) electrons. The molecular formula is C21H36O3. The number of esters is 1. The number of hydrogen-bond donors (Lipinski definition) is 0. The summed E-state index contributed by atoms with van der Waals surface area (Å²) in [6.07, 6.45) is 23.1. The van der Waals surface area contributed by atoms with Gasteiger partial charge in [0.15, 0.2) is 0 Å². The Morgan fingerprint density at radius 1 is 0.958 bits per heavy atom. The van der Waals surface area contributed by atoms with E-state index in [1.165, 1.54) is 51.4 Å². The molecule has 0 aromatic heterocycles. The number of carbonyl (C=O) groups is 1. The Morgan fingerprint density at radius 3 is 2.25 bits per heavy atom. The highest BCUT2D eigenvalue weighted by atomic mass is 16.6. The molecule has 24 heavy (non-hydrogen) atoms. The Balaban J connectivity index is 1.76. The van der Waals surface area contributed by atoms with Gasteiger partial charge in [-0.05, 0) is 38.5 Å². The molecule has 1 atom stereocenters. The number of unbranched alkanes of at least 4 members (excludes halogenated alkanes) is 8. The normalized spacial score (nSPS) is 17.0. The van der Waals surface area contributed by atoms with E-state index in [9.17, 15) is 4.79 Å². The van der Waals surface area contributed by atoms with Crippen molar-refractivity contribution < 1.29 is 14.3 Å². The van der Waals surface area contributed by atoms with Crippen LogP contribution in [0.1, 0.15) is 84.0 Å². The predicted octanol–water partition coefficient (Wildman–Crippen LogP) is 5.74. The van der Waals surface area contributed by atoms with E-state index < -0.39 is 0 Å². The number of epoxide rings is 1. The summed E-state index contributed by atoms with van der Waals surface area (Å²) in [5.41, 5.74) is 0. The molecule has 0 bridgehead atoms. The van der Waals surface area contributed by atoms with Gasteiger partial charge < -0.3 is 9.47 Å². The molecule has 0 spiro atoms. The molecule has 3 nitrogen and oxygen atoms in total. The van der Waals surface area contributed by atoms with Crippen LogP contribution in [0.2, 0.25) is 0 Å². The van der Waals surface area contributed by atoms with E-state index >= 15 is 0 Å². The molecule has 1 heterocycles. The van der Waals surface area contributed by atoms with E-state index in [1.807, 2.05) is 0 Å². The van der Waals surface area contributed by atoms with Gasteiger partial charge in [-0.3, -0.25) is 4.79 Å². The molecule has 1 rings (SSSR count). The Hall–Kier alpha value is -1.09. The standard InChI is InChI=1S/C21H36O3/c1-2-3-4-5-6-7-8-9-10-11-12-13-14-15-16-17-21(22)24-19-20-18-23-20/h6-7,9-10,20H,2-5,8,11-19H2,1H3/b7-6-,10-9-. The van der Waals surface area contributed by atoms with Crippen molar-refractivity contribution >= 4 is 5.97 Å². The number of ether oxygens (including phenoxy) is 2. The largest absolute Gasteiger partial charge is 0.463 e. The lowest BCUT2D eigenvalue weighted by Crippen LogP contribution is -2.09. The zero-order valence-electron chi connectivity index (χ0n) is 15.5. The molecule has 1 fully saturated rings. The minimum Gasteiger partial charge on any atom is -0.463 e. The van der Waals surface area contributed by atoms with Gasteiger partial charge in [0.05, 0.1) is 6.61 Å². The van der Waals surface area contributed by atoms with Crippen LogP contribution in [-0.4, -0.2) is 25.3 Å². The molecule has 0 aliphatic carbocycles. The van der Waals surface area contributed by atoms with Crippen molar-refractivity contribution in [3.05, 3.63) is 24.3 Å². The number of hydrogen-bond acceptors (Lipinski definition) is 3. The lowest BCUT2D eigenvalue weighted by atomic mass is 10.1. The van der Waals surface area contributed by atoms with Crippen LogP contribution < -0.4 is 0 Å². The first-order valence-corrected chi connectivity index (χ1v) is 9.90. The van der Waals surface area contributed by atoms with E-state index in [0.29, 0.717) is 13.0 Å². The highest BCUT2D eigenvalue weighted by Gasteiger charge is 2.23. The summed E-state index contributed by atoms with van der Waals surface area (Å²) in [6.45, 7) is 3.43. The summed E-state index contributed by atoms with van der Waals surface area (Å²) in [6, 6.07) is 0. The fraction of sp³-hybridized carbons (Fsp3) is 0.762. The molecule has 3 heteroatoms. The van der Waals surface area contributed by atoms with Crippen LogP contribution in [0.5, 0.6) is 0 Å². The third kappa shape index (κ3) is 14.5. The third-order valence-corrected chi connectivity index (χ3v) is 4.16. The Morgan fingerprint density at radius 2 is 1.58 bits per heavy atom. The van der Waals surface area contributed by atoms with Gasteiger partial charge in [0.1, 0.15) is 12.7 Å². The van der Waals surface area contributed by atoms with E-state index in [2.05, 4.69) is 31.2 Å². The van der Waals surface area contributed by atoms with Gasteiger partial charge >= 0.3 is 5.97 Å². The monoisotopic (exact) mass is 336 g/mol. The Bertz CT molecular complexity index is 356. The first-order chi connectivity index (χ1) is 11.8. The van der Waals surface area contributed by atoms with E-state index in [1.54, 1.807) is 0 Å².